The molecule has 2 aromatic carbocycles. The van der Waals surface area contributed by atoms with E-state index in [-0.39, 0.29) is 11.6 Å². The minimum atomic E-state index is -0.359. The average Bonchev–Trinajstić information content (AvgIpc) is 2.57. The molecule has 1 aromatic heterocycles. The van der Waals surface area contributed by atoms with Crippen LogP contribution in [-0.4, -0.2) is 9.66 Å². The van der Waals surface area contributed by atoms with Crippen LogP contribution in [0, 0.1) is 0 Å². The van der Waals surface area contributed by atoms with Gasteiger partial charge in [0.1, 0.15) is 5.82 Å². The number of nitrogens with two attached hydrogens (primary N) is 1. The van der Waals surface area contributed by atoms with Crippen molar-refractivity contribution in [2.45, 2.75) is 19.4 Å². The molecule has 3 aromatic rings. The van der Waals surface area contributed by atoms with Crippen molar-refractivity contribution in [3.63, 3.8) is 0 Å². The Morgan fingerprint density at radius 2 is 1.96 bits per heavy atom. The highest BCUT2D eigenvalue weighted by molar-refractivity contribution is 6.35. The zero-order valence-electron chi connectivity index (χ0n) is 12.7. The molecule has 0 saturated heterocycles. The summed E-state index contributed by atoms with van der Waals surface area (Å²) in [5.74, 6) is 0.483. The van der Waals surface area contributed by atoms with Crippen LogP contribution in [0.4, 0.5) is 5.69 Å². The van der Waals surface area contributed by atoms with E-state index in [1.165, 1.54) is 4.68 Å². The van der Waals surface area contributed by atoms with E-state index in [1.54, 1.807) is 18.2 Å². The van der Waals surface area contributed by atoms with E-state index in [0.29, 0.717) is 28.2 Å². The van der Waals surface area contributed by atoms with E-state index in [0.717, 1.165) is 5.69 Å². The topological polar surface area (TPSA) is 72.9 Å². The van der Waals surface area contributed by atoms with Crippen molar-refractivity contribution >= 4 is 28.2 Å². The summed E-state index contributed by atoms with van der Waals surface area (Å²) < 4.78 is 1.39. The van der Waals surface area contributed by atoms with Crippen LogP contribution in [0.25, 0.3) is 10.9 Å². The predicted octanol–water partition coefficient (Wildman–Crippen LogP) is 3.33. The molecule has 0 saturated carbocycles. The minimum Gasteiger partial charge on any atom is -0.321 e. The van der Waals surface area contributed by atoms with Crippen LogP contribution in [0.15, 0.2) is 53.3 Å². The van der Waals surface area contributed by atoms with Gasteiger partial charge >= 0.3 is 0 Å². The molecule has 6 heteroatoms. The molecule has 0 fully saturated rings. The lowest BCUT2D eigenvalue weighted by atomic mass is 10.2. The average molecular weight is 329 g/mol. The summed E-state index contributed by atoms with van der Waals surface area (Å²) in [6.45, 7) is 1.95. The number of nitrogens with zero attached hydrogens (tertiary/aromatic N) is 2. The number of aromatic nitrogens is 2. The van der Waals surface area contributed by atoms with Crippen LogP contribution in [-0.2, 0) is 0 Å². The molecule has 0 radical (unpaired) electrons. The molecule has 3 N–H and O–H groups in total. The third-order valence-electron chi connectivity index (χ3n) is 3.66. The van der Waals surface area contributed by atoms with Gasteiger partial charge in [-0.15, -0.1) is 0 Å². The Bertz CT molecular complexity index is 892. The van der Waals surface area contributed by atoms with Gasteiger partial charge in [-0.3, -0.25) is 10.2 Å². The molecular weight excluding hydrogens is 312 g/mol. The number of nitrogens with one attached hydrogen (secondary N) is 1. The number of para-hydroxylation sites is 1. The summed E-state index contributed by atoms with van der Waals surface area (Å²) in [7, 11) is 0. The molecule has 0 aliphatic carbocycles. The Hall–Kier alpha value is -2.37. The van der Waals surface area contributed by atoms with E-state index in [4.69, 9.17) is 17.3 Å². The van der Waals surface area contributed by atoms with Crippen LogP contribution in [0.2, 0.25) is 5.02 Å². The molecule has 0 aliphatic rings. The number of hydrogen-bond donors (Lipinski definition) is 2. The molecule has 3 rings (SSSR count). The van der Waals surface area contributed by atoms with Crippen molar-refractivity contribution < 1.29 is 0 Å². The fourth-order valence-corrected chi connectivity index (χ4v) is 2.64. The number of fused-ring (bicyclic) bond motifs is 1. The Labute approximate surface area is 138 Å². The highest BCUT2D eigenvalue weighted by Crippen LogP contribution is 2.21. The quantitative estimate of drug-likeness (QED) is 0.770. The summed E-state index contributed by atoms with van der Waals surface area (Å²) in [6, 6.07) is 14.3. The number of anilines is 1. The van der Waals surface area contributed by atoms with Crippen LogP contribution in [0.5, 0.6) is 0 Å². The zero-order chi connectivity index (χ0) is 16.4. The third kappa shape index (κ3) is 2.93. The maximum atomic E-state index is 12.9. The first kappa shape index (κ1) is 15.5. The van der Waals surface area contributed by atoms with E-state index in [1.807, 2.05) is 37.3 Å². The second-order valence-corrected chi connectivity index (χ2v) is 5.64. The maximum Gasteiger partial charge on any atom is 0.281 e. The van der Waals surface area contributed by atoms with E-state index < -0.39 is 0 Å². The first-order chi connectivity index (χ1) is 11.1. The van der Waals surface area contributed by atoms with Crippen LogP contribution < -0.4 is 16.7 Å². The lowest BCUT2D eigenvalue weighted by Gasteiger charge is -2.19. The van der Waals surface area contributed by atoms with Crippen molar-refractivity contribution in [2.75, 3.05) is 5.43 Å². The Morgan fingerprint density at radius 1 is 1.22 bits per heavy atom. The van der Waals surface area contributed by atoms with Gasteiger partial charge in [0.2, 0.25) is 0 Å². The summed E-state index contributed by atoms with van der Waals surface area (Å²) >= 11 is 6.19. The molecule has 0 spiro atoms. The summed E-state index contributed by atoms with van der Waals surface area (Å²) in [5.41, 5.74) is 10.3. The molecule has 0 aliphatic heterocycles. The summed E-state index contributed by atoms with van der Waals surface area (Å²) in [5, 5.41) is 0.755. The minimum absolute atomic E-state index is 0.261. The van der Waals surface area contributed by atoms with Gasteiger partial charge in [0.05, 0.1) is 27.7 Å². The summed E-state index contributed by atoms with van der Waals surface area (Å²) in [6.07, 6.45) is 0.662. The fraction of sp³-hybridized carbons (Fsp3) is 0.176. The lowest BCUT2D eigenvalue weighted by Crippen LogP contribution is -2.34. The molecule has 5 nitrogen and oxygen atoms in total. The molecular formula is C17H17ClN4O. The van der Waals surface area contributed by atoms with Crippen LogP contribution in [0.3, 0.4) is 0 Å². The van der Waals surface area contributed by atoms with Gasteiger partial charge in [0, 0.05) is 0 Å². The van der Waals surface area contributed by atoms with Crippen molar-refractivity contribution in [3.8, 4) is 0 Å². The molecule has 0 amide bonds. The molecule has 1 atom stereocenters. The van der Waals surface area contributed by atoms with Crippen LogP contribution >= 0.6 is 11.6 Å². The van der Waals surface area contributed by atoms with Gasteiger partial charge in [-0.05, 0) is 30.7 Å². The third-order valence-corrected chi connectivity index (χ3v) is 3.97. The zero-order valence-corrected chi connectivity index (χ0v) is 13.4. The van der Waals surface area contributed by atoms with E-state index >= 15 is 0 Å². The van der Waals surface area contributed by atoms with Gasteiger partial charge in [-0.2, -0.15) is 0 Å². The van der Waals surface area contributed by atoms with Gasteiger partial charge < -0.3 is 5.73 Å². The second-order valence-electron chi connectivity index (χ2n) is 5.24. The molecule has 118 valence electrons. The smallest absolute Gasteiger partial charge is 0.281 e. The molecule has 1 heterocycles. The Kier molecular flexibility index (Phi) is 4.32. The monoisotopic (exact) mass is 328 g/mol. The molecule has 0 unspecified atom stereocenters. The highest BCUT2D eigenvalue weighted by atomic mass is 35.5. The number of hydrogen-bond acceptors (Lipinski definition) is 4. The van der Waals surface area contributed by atoms with Crippen LogP contribution in [0.1, 0.15) is 25.2 Å². The van der Waals surface area contributed by atoms with E-state index in [9.17, 15) is 4.79 Å². The largest absolute Gasteiger partial charge is 0.321 e. The maximum absolute atomic E-state index is 12.9. The highest BCUT2D eigenvalue weighted by Gasteiger charge is 2.17. The Morgan fingerprint density at radius 3 is 2.65 bits per heavy atom. The van der Waals surface area contributed by atoms with Gasteiger partial charge in [0.25, 0.3) is 5.56 Å². The number of benzene rings is 2. The van der Waals surface area contributed by atoms with Gasteiger partial charge in [-0.1, -0.05) is 42.8 Å². The first-order valence-corrected chi connectivity index (χ1v) is 7.78. The SMILES string of the molecule is CC[C@H](N)c1nc2cccc(Cl)c2c(=O)n1Nc1ccccc1. The normalized spacial score (nSPS) is 12.3. The Balaban J connectivity index is 2.26. The second kappa shape index (κ2) is 6.40. The summed E-state index contributed by atoms with van der Waals surface area (Å²) in [4.78, 5) is 17.5. The lowest BCUT2D eigenvalue weighted by molar-refractivity contribution is 0.608. The van der Waals surface area contributed by atoms with Crippen molar-refractivity contribution in [1.29, 1.82) is 0 Å². The molecule has 23 heavy (non-hydrogen) atoms. The van der Waals surface area contributed by atoms with Crippen molar-refractivity contribution in [1.82, 2.24) is 9.66 Å². The predicted molar refractivity (Wildman–Crippen MR) is 93.7 cm³/mol. The molecule has 0 bridgehead atoms. The van der Waals surface area contributed by atoms with Gasteiger partial charge in [-0.25, -0.2) is 9.66 Å². The van der Waals surface area contributed by atoms with E-state index in [2.05, 4.69) is 10.4 Å². The van der Waals surface area contributed by atoms with Crippen molar-refractivity contribution in [3.05, 3.63) is 69.7 Å². The number of halogens is 1. The standard InChI is InChI=1S/C17H17ClN4O/c1-2-13(19)16-20-14-10-6-9-12(18)15(14)17(23)22(16)21-11-7-4-3-5-8-11/h3-10,13,21H,2,19H2,1H3/t13-/m0/s1. The van der Waals surface area contributed by atoms with Crippen molar-refractivity contribution in [2.24, 2.45) is 5.73 Å². The fourth-order valence-electron chi connectivity index (χ4n) is 2.39. The van der Waals surface area contributed by atoms with Gasteiger partial charge in [0.15, 0.2) is 0 Å². The number of rotatable bonds is 4. The first-order valence-electron chi connectivity index (χ1n) is 7.40.